The summed E-state index contributed by atoms with van der Waals surface area (Å²) in [6, 6.07) is 5.68. The Bertz CT molecular complexity index is 733. The molecule has 0 fully saturated rings. The smallest absolute Gasteiger partial charge is 0.191 e. The van der Waals surface area contributed by atoms with Crippen LogP contribution in [-0.4, -0.2) is 50.2 Å². The number of ether oxygens (including phenoxy) is 3. The fraction of sp³-hybridized carbons (Fsp3) is 0.474. The van der Waals surface area contributed by atoms with Gasteiger partial charge >= 0.3 is 0 Å². The summed E-state index contributed by atoms with van der Waals surface area (Å²) in [5, 5.41) is 10.8. The van der Waals surface area contributed by atoms with Gasteiger partial charge in [-0.05, 0) is 19.4 Å². The van der Waals surface area contributed by atoms with Gasteiger partial charge in [0.2, 0.25) is 0 Å². The first-order chi connectivity index (χ1) is 13.1. The van der Waals surface area contributed by atoms with Gasteiger partial charge in [-0.3, -0.25) is 4.68 Å². The number of guanidine groups is 1. The average molecular weight is 375 g/mol. The predicted octanol–water partition coefficient (Wildman–Crippen LogP) is 1.74. The van der Waals surface area contributed by atoms with Crippen LogP contribution in [-0.2, 0) is 20.0 Å². The molecule has 0 amide bonds. The van der Waals surface area contributed by atoms with Crippen LogP contribution >= 0.6 is 0 Å². The lowest BCUT2D eigenvalue weighted by Crippen LogP contribution is -2.38. The first-order valence-corrected chi connectivity index (χ1v) is 8.90. The van der Waals surface area contributed by atoms with Crippen LogP contribution in [0.5, 0.6) is 17.2 Å². The molecule has 27 heavy (non-hydrogen) atoms. The summed E-state index contributed by atoms with van der Waals surface area (Å²) in [5.74, 6) is 2.94. The summed E-state index contributed by atoms with van der Waals surface area (Å²) in [4.78, 5) is 4.61. The van der Waals surface area contributed by atoms with E-state index in [1.54, 1.807) is 27.5 Å². The highest BCUT2D eigenvalue weighted by Crippen LogP contribution is 2.34. The minimum absolute atomic E-state index is 0.557. The number of hydrogen-bond donors (Lipinski definition) is 2. The molecule has 0 bridgehead atoms. The predicted molar refractivity (Wildman–Crippen MR) is 106 cm³/mol. The maximum atomic E-state index is 5.50. The van der Waals surface area contributed by atoms with Crippen LogP contribution in [0.2, 0.25) is 0 Å². The summed E-state index contributed by atoms with van der Waals surface area (Å²) < 4.78 is 18.1. The van der Waals surface area contributed by atoms with E-state index in [4.69, 9.17) is 14.2 Å². The number of aromatic nitrogens is 2. The Morgan fingerprint density at radius 1 is 1.11 bits per heavy atom. The van der Waals surface area contributed by atoms with Crippen LogP contribution in [0.25, 0.3) is 0 Å². The van der Waals surface area contributed by atoms with Crippen molar-refractivity contribution in [3.05, 3.63) is 35.7 Å². The van der Waals surface area contributed by atoms with E-state index in [2.05, 4.69) is 20.7 Å². The van der Waals surface area contributed by atoms with Gasteiger partial charge in [0.05, 0.1) is 33.6 Å². The van der Waals surface area contributed by atoms with Gasteiger partial charge in [0.15, 0.2) is 5.96 Å². The van der Waals surface area contributed by atoms with E-state index < -0.39 is 0 Å². The molecular formula is C19H29N5O3. The minimum atomic E-state index is 0.557. The number of methoxy groups -OCH3 is 3. The van der Waals surface area contributed by atoms with Crippen LogP contribution in [0.4, 0.5) is 0 Å². The fourth-order valence-electron chi connectivity index (χ4n) is 2.69. The molecule has 1 aromatic heterocycles. The Morgan fingerprint density at radius 2 is 1.81 bits per heavy atom. The molecule has 2 rings (SSSR count). The van der Waals surface area contributed by atoms with Gasteiger partial charge in [0.25, 0.3) is 0 Å². The molecule has 1 heterocycles. The van der Waals surface area contributed by atoms with Gasteiger partial charge in [-0.25, -0.2) is 4.99 Å². The maximum absolute atomic E-state index is 5.50. The van der Waals surface area contributed by atoms with E-state index in [1.165, 1.54) is 0 Å². The monoisotopic (exact) mass is 375 g/mol. The van der Waals surface area contributed by atoms with Gasteiger partial charge in [0.1, 0.15) is 17.2 Å². The second-order valence-corrected chi connectivity index (χ2v) is 5.83. The number of nitrogens with one attached hydrogen (secondary N) is 2. The SMILES string of the molecule is CCNC(=NCc1ccnn1C)NCCc1c(OC)cc(OC)cc1OC. The highest BCUT2D eigenvalue weighted by atomic mass is 16.5. The van der Waals surface area contributed by atoms with E-state index in [0.717, 1.165) is 35.3 Å². The number of nitrogens with zero attached hydrogens (tertiary/aromatic N) is 3. The van der Waals surface area contributed by atoms with Crippen molar-refractivity contribution in [3.8, 4) is 17.2 Å². The molecule has 0 aliphatic rings. The lowest BCUT2D eigenvalue weighted by Gasteiger charge is -2.16. The summed E-state index contributed by atoms with van der Waals surface area (Å²) >= 11 is 0. The van der Waals surface area contributed by atoms with Crippen molar-refractivity contribution in [1.82, 2.24) is 20.4 Å². The van der Waals surface area contributed by atoms with Crippen LogP contribution in [0.15, 0.2) is 29.4 Å². The van der Waals surface area contributed by atoms with Crippen LogP contribution in [0, 0.1) is 0 Å². The summed E-state index contributed by atoms with van der Waals surface area (Å²) in [7, 11) is 6.82. The highest BCUT2D eigenvalue weighted by Gasteiger charge is 2.13. The summed E-state index contributed by atoms with van der Waals surface area (Å²) in [5.41, 5.74) is 2.03. The lowest BCUT2D eigenvalue weighted by molar-refractivity contribution is 0.368. The summed E-state index contributed by atoms with van der Waals surface area (Å²) in [6.45, 7) is 4.06. The van der Waals surface area contributed by atoms with Gasteiger partial charge in [-0.15, -0.1) is 0 Å². The minimum Gasteiger partial charge on any atom is -0.496 e. The highest BCUT2D eigenvalue weighted by molar-refractivity contribution is 5.79. The normalized spacial score (nSPS) is 11.2. The Labute approximate surface area is 160 Å². The van der Waals surface area contributed by atoms with Gasteiger partial charge in [0, 0.05) is 44.0 Å². The number of rotatable bonds is 9. The van der Waals surface area contributed by atoms with Gasteiger partial charge in [-0.2, -0.15) is 5.10 Å². The molecule has 2 aromatic rings. The first-order valence-electron chi connectivity index (χ1n) is 8.90. The Morgan fingerprint density at radius 3 is 2.33 bits per heavy atom. The van der Waals surface area contributed by atoms with E-state index in [9.17, 15) is 0 Å². The molecule has 0 aliphatic heterocycles. The quantitative estimate of drug-likeness (QED) is 0.513. The molecule has 2 N–H and O–H groups in total. The molecular weight excluding hydrogens is 346 g/mol. The van der Waals surface area contributed by atoms with E-state index in [0.29, 0.717) is 25.3 Å². The van der Waals surface area contributed by atoms with Crippen molar-refractivity contribution < 1.29 is 14.2 Å². The topological polar surface area (TPSA) is 81.9 Å². The molecule has 0 atom stereocenters. The average Bonchev–Trinajstić information content (AvgIpc) is 3.10. The Balaban J connectivity index is 2.05. The van der Waals surface area contributed by atoms with E-state index in [-0.39, 0.29) is 0 Å². The number of aliphatic imine (C=N–C) groups is 1. The van der Waals surface area contributed by atoms with Crippen LogP contribution in [0.1, 0.15) is 18.2 Å². The van der Waals surface area contributed by atoms with Crippen molar-refractivity contribution in [1.29, 1.82) is 0 Å². The van der Waals surface area contributed by atoms with E-state index in [1.807, 2.05) is 36.9 Å². The largest absolute Gasteiger partial charge is 0.496 e. The van der Waals surface area contributed by atoms with Crippen molar-refractivity contribution in [2.75, 3.05) is 34.4 Å². The standard InChI is InChI=1S/C19H29N5O3/c1-6-20-19(22-13-14-7-10-23-24(14)2)21-9-8-16-17(26-4)11-15(25-3)12-18(16)27-5/h7,10-12H,6,8-9,13H2,1-5H3,(H2,20,21,22). The zero-order valence-electron chi connectivity index (χ0n) is 16.7. The number of aryl methyl sites for hydroxylation is 1. The van der Waals surface area contributed by atoms with E-state index >= 15 is 0 Å². The maximum Gasteiger partial charge on any atom is 0.191 e. The van der Waals surface area contributed by atoms with Gasteiger partial charge in [-0.1, -0.05) is 0 Å². The first kappa shape index (κ1) is 20.4. The molecule has 0 aliphatic carbocycles. The molecule has 0 saturated heterocycles. The molecule has 0 radical (unpaired) electrons. The van der Waals surface area contributed by atoms with Crippen molar-refractivity contribution in [2.45, 2.75) is 19.9 Å². The molecule has 8 heteroatoms. The van der Waals surface area contributed by atoms with Crippen molar-refractivity contribution >= 4 is 5.96 Å². The second kappa shape index (κ2) is 10.3. The third-order valence-corrected chi connectivity index (χ3v) is 4.15. The second-order valence-electron chi connectivity index (χ2n) is 5.83. The lowest BCUT2D eigenvalue weighted by atomic mass is 10.1. The zero-order valence-corrected chi connectivity index (χ0v) is 16.7. The zero-order chi connectivity index (χ0) is 19.6. The molecule has 148 valence electrons. The molecule has 8 nitrogen and oxygen atoms in total. The molecule has 0 saturated carbocycles. The molecule has 0 unspecified atom stereocenters. The van der Waals surface area contributed by atoms with Gasteiger partial charge < -0.3 is 24.8 Å². The molecule has 0 spiro atoms. The Kier molecular flexibility index (Phi) is 7.79. The third-order valence-electron chi connectivity index (χ3n) is 4.15. The van der Waals surface area contributed by atoms with Crippen molar-refractivity contribution in [2.24, 2.45) is 12.0 Å². The Hall–Kier alpha value is -2.90. The number of benzene rings is 1. The van der Waals surface area contributed by atoms with Crippen LogP contribution in [0.3, 0.4) is 0 Å². The molecule has 1 aromatic carbocycles. The van der Waals surface area contributed by atoms with Crippen molar-refractivity contribution in [3.63, 3.8) is 0 Å². The summed E-state index contributed by atoms with van der Waals surface area (Å²) in [6.07, 6.45) is 2.49. The van der Waals surface area contributed by atoms with Crippen LogP contribution < -0.4 is 24.8 Å². The number of hydrogen-bond acceptors (Lipinski definition) is 5. The fourth-order valence-corrected chi connectivity index (χ4v) is 2.69. The third kappa shape index (κ3) is 5.54.